The van der Waals surface area contributed by atoms with E-state index in [4.69, 9.17) is 0 Å². The molecule has 0 aromatic rings. The largest absolute Gasteiger partial charge is 0.790 e. The second kappa shape index (κ2) is 19.3. The first kappa shape index (κ1) is 29.2. The molecule has 0 atom stereocenters. The summed E-state index contributed by atoms with van der Waals surface area (Å²) in [5.41, 5.74) is 0. The quantitative estimate of drug-likeness (QED) is 0.201. The molecule has 10 heteroatoms. The molecule has 0 unspecified atom stereocenters. The van der Waals surface area contributed by atoms with Crippen molar-refractivity contribution in [2.45, 2.75) is 100 Å². The number of hydrogen-bond acceptors (Lipinski definition) is 7. The molecule has 0 rings (SSSR count). The minimum atomic E-state index is -5.68. The van der Waals surface area contributed by atoms with Crippen molar-refractivity contribution in [1.29, 1.82) is 0 Å². The van der Waals surface area contributed by atoms with Crippen molar-refractivity contribution in [2.75, 3.05) is 0 Å². The van der Waals surface area contributed by atoms with E-state index in [1.54, 1.807) is 22.3 Å². The van der Waals surface area contributed by atoms with Crippen molar-refractivity contribution >= 4 is 15.6 Å². The molecule has 0 aliphatic carbocycles. The molecule has 0 bridgehead atoms. The van der Waals surface area contributed by atoms with Gasteiger partial charge >= 0.3 is 120 Å². The fourth-order valence-electron chi connectivity index (χ4n) is 2.31. The van der Waals surface area contributed by atoms with Gasteiger partial charge in [0.05, 0.1) is 15.6 Å². The summed E-state index contributed by atoms with van der Waals surface area (Å²) in [6, 6.07) is 0. The van der Waals surface area contributed by atoms with Gasteiger partial charge in [-0.3, -0.25) is 0 Å². The second-order valence-electron chi connectivity index (χ2n) is 6.26. The maximum Gasteiger partial charge on any atom is 0.0655 e. The zero-order valence-corrected chi connectivity index (χ0v) is 19.5. The second-order valence-corrected chi connectivity index (χ2v) is 11.0. The van der Waals surface area contributed by atoms with Crippen LogP contribution in [-0.2, 0) is 32.6 Å². The Balaban J connectivity index is 0. The Labute approximate surface area is 168 Å². The summed E-state index contributed by atoms with van der Waals surface area (Å²) >= 11 is 0.448. The minimum Gasteiger partial charge on any atom is -0.790 e. The molecule has 0 aliphatic heterocycles. The molecule has 0 fully saturated rings. The number of unbranched alkanes of at least 4 members (excludes halogenated alkanes) is 10. The first-order chi connectivity index (χ1) is 12.1. The standard InChI is InChI=1S/2C8H17.H4O7P2.Ti/c2*1-3-5-7-8-6-4-2;1-8(2,3)7-9(4,5)6;/h2*1,3-8H2,2H3;(H2,1,2,3)(H2,4,5,6);/q;;;+4/p-4. The minimum absolute atomic E-state index is 0.448. The Morgan fingerprint density at radius 2 is 0.923 bits per heavy atom. The van der Waals surface area contributed by atoms with Gasteiger partial charge in [-0.15, -0.1) is 0 Å². The van der Waals surface area contributed by atoms with Crippen molar-refractivity contribution in [3.63, 3.8) is 0 Å². The fraction of sp³-hybridized carbons (Fsp3) is 1.00. The van der Waals surface area contributed by atoms with Gasteiger partial charge in [-0.1, -0.05) is 0 Å². The van der Waals surface area contributed by atoms with Crippen LogP contribution in [0.3, 0.4) is 0 Å². The molecule has 0 radical (unpaired) electrons. The van der Waals surface area contributed by atoms with Crippen LogP contribution >= 0.6 is 15.6 Å². The van der Waals surface area contributed by atoms with Gasteiger partial charge in [-0.25, -0.2) is 0 Å². The van der Waals surface area contributed by atoms with Gasteiger partial charge in [0.2, 0.25) is 0 Å². The Morgan fingerprint density at radius 3 is 1.19 bits per heavy atom. The molecule has 0 heterocycles. The number of hydrogen-bond donors (Lipinski definition) is 0. The summed E-state index contributed by atoms with van der Waals surface area (Å²) in [5, 5.41) is 0. The van der Waals surface area contributed by atoms with Gasteiger partial charge in [-0.2, -0.15) is 0 Å². The van der Waals surface area contributed by atoms with Crippen LogP contribution in [0.15, 0.2) is 0 Å². The number of rotatable bonds is 16. The molecule has 0 aromatic carbocycles. The molecule has 0 aromatic heterocycles. The fourth-order valence-corrected chi connectivity index (χ4v) is 5.24. The van der Waals surface area contributed by atoms with Crippen LogP contribution in [-0.4, -0.2) is 0 Å². The third-order valence-electron chi connectivity index (χ3n) is 3.61. The molecule has 0 saturated carbocycles. The Kier molecular flexibility index (Phi) is 21.7. The summed E-state index contributed by atoms with van der Waals surface area (Å²) in [7, 11) is -11.4. The first-order valence-corrected chi connectivity index (χ1v) is 14.7. The van der Waals surface area contributed by atoms with Crippen LogP contribution in [0, 0.1) is 0 Å². The average Bonchev–Trinajstić information content (AvgIpc) is 2.49. The molecule has 26 heavy (non-hydrogen) atoms. The van der Waals surface area contributed by atoms with E-state index in [1.165, 1.54) is 64.2 Å². The van der Waals surface area contributed by atoms with Gasteiger partial charge in [-0.05, 0) is 0 Å². The van der Waals surface area contributed by atoms with Crippen molar-refractivity contribution in [1.82, 2.24) is 0 Å². The predicted molar refractivity (Wildman–Crippen MR) is 92.7 cm³/mol. The van der Waals surface area contributed by atoms with Crippen molar-refractivity contribution in [3.8, 4) is 0 Å². The van der Waals surface area contributed by atoms with Crippen LogP contribution in [0.4, 0.5) is 0 Å². The van der Waals surface area contributed by atoms with Crippen molar-refractivity contribution < 1.29 is 52.2 Å². The Hall–Kier alpha value is 0.974. The van der Waals surface area contributed by atoms with E-state index < -0.39 is 15.6 Å². The molecular weight excluding hydrogens is 414 g/mol. The zero-order chi connectivity index (χ0) is 20.3. The van der Waals surface area contributed by atoms with Crippen LogP contribution < -0.4 is 19.6 Å². The monoisotopic (exact) mass is 448 g/mol. The van der Waals surface area contributed by atoms with Gasteiger partial charge < -0.3 is 33.0 Å². The zero-order valence-electron chi connectivity index (χ0n) is 16.2. The molecule has 0 saturated heterocycles. The summed E-state index contributed by atoms with van der Waals surface area (Å²) in [4.78, 5) is 37.3. The van der Waals surface area contributed by atoms with E-state index in [1.807, 2.05) is 0 Å². The van der Waals surface area contributed by atoms with E-state index in [2.05, 4.69) is 18.2 Å². The van der Waals surface area contributed by atoms with E-state index in [-0.39, 0.29) is 0 Å². The number of phosphoric acid groups is 2. The van der Waals surface area contributed by atoms with Gasteiger partial charge in [0.15, 0.2) is 0 Å². The van der Waals surface area contributed by atoms with E-state index in [9.17, 15) is 28.7 Å². The summed E-state index contributed by atoms with van der Waals surface area (Å²) in [5.74, 6) is 0. The van der Waals surface area contributed by atoms with Gasteiger partial charge in [0.25, 0.3) is 0 Å². The molecule has 0 N–H and O–H groups in total. The third kappa shape index (κ3) is 32.6. The molecule has 0 spiro atoms. The Morgan fingerprint density at radius 1 is 0.615 bits per heavy atom. The molecular formula is C16H34O7P2Ti. The SMILES string of the molecule is CCCCCCC[CH2][Ti+4][CH2]CCCCCCC.O=P([O-])([O-])OP(=O)([O-])[O-]. The summed E-state index contributed by atoms with van der Waals surface area (Å²) in [6.45, 7) is 4.60. The first-order valence-electron chi connectivity index (χ1n) is 9.58. The van der Waals surface area contributed by atoms with Crippen LogP contribution in [0.2, 0.25) is 9.45 Å². The van der Waals surface area contributed by atoms with Crippen molar-refractivity contribution in [2.24, 2.45) is 0 Å². The van der Waals surface area contributed by atoms with E-state index >= 15 is 0 Å². The smallest absolute Gasteiger partial charge is 0.0655 e. The maximum atomic E-state index is 9.32. The van der Waals surface area contributed by atoms with E-state index in [0.29, 0.717) is 19.2 Å². The predicted octanol–water partition coefficient (Wildman–Crippen LogP) is 3.29. The van der Waals surface area contributed by atoms with Gasteiger partial charge in [0, 0.05) is 0 Å². The van der Waals surface area contributed by atoms with Crippen molar-refractivity contribution in [3.05, 3.63) is 0 Å². The molecule has 154 valence electrons. The molecule has 7 nitrogen and oxygen atoms in total. The topological polar surface area (TPSA) is 136 Å². The average molecular weight is 448 g/mol. The summed E-state index contributed by atoms with van der Waals surface area (Å²) < 4.78 is 24.4. The molecule has 0 amide bonds. The van der Waals surface area contributed by atoms with Crippen LogP contribution in [0.25, 0.3) is 0 Å². The van der Waals surface area contributed by atoms with Crippen LogP contribution in [0.1, 0.15) is 90.9 Å². The molecule has 0 aliphatic rings. The Bertz CT molecular complexity index is 351. The van der Waals surface area contributed by atoms with Crippen LogP contribution in [0.5, 0.6) is 0 Å². The normalized spacial score (nSPS) is 12.1. The van der Waals surface area contributed by atoms with Gasteiger partial charge in [0.1, 0.15) is 0 Å². The van der Waals surface area contributed by atoms with E-state index in [0.717, 1.165) is 0 Å². The third-order valence-corrected chi connectivity index (χ3v) is 7.42. The maximum absolute atomic E-state index is 9.32. The summed E-state index contributed by atoms with van der Waals surface area (Å²) in [6.07, 6.45) is 17.7.